The molecule has 0 saturated carbocycles. The Bertz CT molecular complexity index is 379. The summed E-state index contributed by atoms with van der Waals surface area (Å²) in [6, 6.07) is 10.1. The quantitative estimate of drug-likeness (QED) is 0.623. The molecule has 0 heterocycles. The van der Waals surface area contributed by atoms with Crippen LogP contribution in [0.1, 0.15) is 12.5 Å². The molecule has 5 heteroatoms. The van der Waals surface area contributed by atoms with Gasteiger partial charge in [0.25, 0.3) is 0 Å². The van der Waals surface area contributed by atoms with Crippen LogP contribution in [-0.4, -0.2) is 21.9 Å². The largest absolute Gasteiger partial charge is 0.468 e. The fraction of sp³-hybridized carbons (Fsp3) is 0.333. The van der Waals surface area contributed by atoms with Crippen LogP contribution in [0.3, 0.4) is 0 Å². The van der Waals surface area contributed by atoms with Gasteiger partial charge in [0.2, 0.25) is 0 Å². The van der Waals surface area contributed by atoms with Crippen LogP contribution in [0.5, 0.6) is 0 Å². The molecule has 1 rings (SSSR count). The summed E-state index contributed by atoms with van der Waals surface area (Å²) >= 11 is 8.16. The number of carbonyl (C=O) groups is 1. The monoisotopic (exact) mass is 286 g/mol. The van der Waals surface area contributed by atoms with E-state index in [0.29, 0.717) is 0 Å². The van der Waals surface area contributed by atoms with E-state index in [4.69, 9.17) is 12.2 Å². The molecule has 0 aliphatic rings. The molecule has 1 unspecified atom stereocenters. The second-order valence-electron chi connectivity index (χ2n) is 3.31. The molecule has 0 fully saturated rings. The van der Waals surface area contributed by atoms with Crippen molar-refractivity contribution in [2.45, 2.75) is 17.9 Å². The van der Waals surface area contributed by atoms with Gasteiger partial charge in [0.15, 0.2) is 0 Å². The Kier molecular flexibility index (Phi) is 6.62. The Morgan fingerprint density at radius 3 is 2.65 bits per heavy atom. The molecule has 0 spiro atoms. The number of ether oxygens (including phenoxy) is 1. The summed E-state index contributed by atoms with van der Waals surface area (Å²) in [5.41, 5.74) is 1.23. The molecule has 1 aromatic carbocycles. The Labute approximate surface area is 116 Å². The van der Waals surface area contributed by atoms with Crippen LogP contribution in [0.4, 0.5) is 0 Å². The summed E-state index contributed by atoms with van der Waals surface area (Å²) in [6.07, 6.45) is 0. The first kappa shape index (κ1) is 14.5. The van der Waals surface area contributed by atoms with E-state index in [-0.39, 0.29) is 11.2 Å². The van der Waals surface area contributed by atoms with Crippen molar-refractivity contribution in [2.75, 3.05) is 7.11 Å². The lowest BCUT2D eigenvalue weighted by atomic mass is 10.2. The highest BCUT2D eigenvalue weighted by atomic mass is 32.2. The Morgan fingerprint density at radius 2 is 2.06 bits per heavy atom. The molecule has 0 aliphatic carbocycles. The van der Waals surface area contributed by atoms with Gasteiger partial charge in [-0.25, -0.2) is 0 Å². The molecule has 92 valence electrons. The minimum absolute atomic E-state index is 0.238. The summed E-state index contributed by atoms with van der Waals surface area (Å²) in [5, 5.41) is -0.240. The number of hydrogen-bond donors (Lipinski definition) is 0. The highest BCUT2D eigenvalue weighted by Gasteiger charge is 2.16. The maximum Gasteiger partial charge on any atom is 0.318 e. The van der Waals surface area contributed by atoms with E-state index in [9.17, 15) is 4.79 Å². The molecule has 0 aromatic heterocycles. The number of thioether (sulfide) groups is 2. The summed E-state index contributed by atoms with van der Waals surface area (Å²) in [7, 11) is 1.39. The number of hydrogen-bond acceptors (Lipinski definition) is 5. The number of rotatable bonds is 4. The molecule has 0 N–H and O–H groups in total. The molecule has 17 heavy (non-hydrogen) atoms. The van der Waals surface area contributed by atoms with Gasteiger partial charge in [0.05, 0.1) is 7.11 Å². The molecular weight excluding hydrogens is 272 g/mol. The van der Waals surface area contributed by atoms with Gasteiger partial charge in [-0.1, -0.05) is 54.3 Å². The first-order chi connectivity index (χ1) is 8.13. The number of methoxy groups -OCH3 is 1. The number of esters is 1. The smallest absolute Gasteiger partial charge is 0.318 e. The number of thiocarbonyl (C=S) groups is 1. The third-order valence-electron chi connectivity index (χ3n) is 2.01. The third kappa shape index (κ3) is 5.57. The highest BCUT2D eigenvalue weighted by molar-refractivity contribution is 8.47. The fourth-order valence-corrected chi connectivity index (χ4v) is 3.56. The molecule has 0 aliphatic heterocycles. The van der Waals surface area contributed by atoms with Crippen molar-refractivity contribution in [3.8, 4) is 0 Å². The van der Waals surface area contributed by atoms with Crippen LogP contribution in [0, 0.1) is 0 Å². The van der Waals surface area contributed by atoms with Crippen molar-refractivity contribution in [3.63, 3.8) is 0 Å². The Hall–Kier alpha value is -0.520. The first-order valence-electron chi connectivity index (χ1n) is 5.08. The van der Waals surface area contributed by atoms with Crippen molar-refractivity contribution >= 4 is 45.2 Å². The van der Waals surface area contributed by atoms with Gasteiger partial charge in [-0.3, -0.25) is 4.79 Å². The van der Waals surface area contributed by atoms with Gasteiger partial charge < -0.3 is 4.74 Å². The Balaban J connectivity index is 2.33. The second kappa shape index (κ2) is 7.74. The zero-order valence-corrected chi connectivity index (χ0v) is 12.2. The summed E-state index contributed by atoms with van der Waals surface area (Å²) < 4.78 is 5.42. The lowest BCUT2D eigenvalue weighted by Gasteiger charge is -2.09. The van der Waals surface area contributed by atoms with Gasteiger partial charge >= 0.3 is 5.97 Å². The molecule has 1 atom stereocenters. The van der Waals surface area contributed by atoms with Gasteiger partial charge in [0.1, 0.15) is 8.78 Å². The summed E-state index contributed by atoms with van der Waals surface area (Å²) in [5.74, 6) is 0.596. The van der Waals surface area contributed by atoms with Crippen LogP contribution in [0.15, 0.2) is 30.3 Å². The van der Waals surface area contributed by atoms with E-state index in [1.807, 2.05) is 18.2 Å². The van der Waals surface area contributed by atoms with Gasteiger partial charge in [-0.2, -0.15) is 0 Å². The maximum absolute atomic E-state index is 11.2. The zero-order chi connectivity index (χ0) is 12.7. The minimum Gasteiger partial charge on any atom is -0.468 e. The van der Waals surface area contributed by atoms with E-state index in [1.54, 1.807) is 18.7 Å². The predicted molar refractivity (Wildman–Crippen MR) is 79.4 cm³/mol. The van der Waals surface area contributed by atoms with Gasteiger partial charge in [0, 0.05) is 5.75 Å². The predicted octanol–water partition coefficient (Wildman–Crippen LogP) is 3.50. The average molecular weight is 286 g/mol. The van der Waals surface area contributed by atoms with Crippen molar-refractivity contribution < 1.29 is 9.53 Å². The molecule has 0 amide bonds. The minimum atomic E-state index is -0.240. The fourth-order valence-electron chi connectivity index (χ4n) is 1.11. The summed E-state index contributed by atoms with van der Waals surface area (Å²) in [6.45, 7) is 1.80. The molecule has 0 saturated heterocycles. The van der Waals surface area contributed by atoms with E-state index in [2.05, 4.69) is 16.9 Å². The van der Waals surface area contributed by atoms with Crippen molar-refractivity contribution in [1.29, 1.82) is 0 Å². The van der Waals surface area contributed by atoms with E-state index in [0.717, 1.165) is 9.28 Å². The molecule has 0 radical (unpaired) electrons. The molecule has 1 aromatic rings. The second-order valence-corrected chi connectivity index (χ2v) is 6.83. The topological polar surface area (TPSA) is 26.3 Å². The normalized spacial score (nSPS) is 11.9. The van der Waals surface area contributed by atoms with Crippen molar-refractivity contribution in [1.82, 2.24) is 0 Å². The summed E-state index contributed by atoms with van der Waals surface area (Å²) in [4.78, 5) is 11.2. The van der Waals surface area contributed by atoms with Crippen LogP contribution in [0.2, 0.25) is 0 Å². The zero-order valence-electron chi connectivity index (χ0n) is 9.71. The molecular formula is C12H14O2S3. The van der Waals surface area contributed by atoms with Crippen LogP contribution >= 0.6 is 35.7 Å². The number of carbonyl (C=O) groups excluding carboxylic acids is 1. The van der Waals surface area contributed by atoms with Crippen LogP contribution in [-0.2, 0) is 15.3 Å². The Morgan fingerprint density at radius 1 is 1.41 bits per heavy atom. The number of benzene rings is 1. The van der Waals surface area contributed by atoms with E-state index in [1.165, 1.54) is 24.4 Å². The average Bonchev–Trinajstić information content (AvgIpc) is 2.36. The lowest BCUT2D eigenvalue weighted by molar-refractivity contribution is -0.139. The van der Waals surface area contributed by atoms with E-state index >= 15 is 0 Å². The van der Waals surface area contributed by atoms with E-state index < -0.39 is 0 Å². The van der Waals surface area contributed by atoms with Gasteiger partial charge in [-0.05, 0) is 12.5 Å². The lowest BCUT2D eigenvalue weighted by Crippen LogP contribution is -2.15. The standard InChI is InChI=1S/C12H14O2S3/c1-9(11(13)14-2)17-12(15)16-8-10-6-4-3-5-7-10/h3-7,9H,8H2,1-2H3. The molecule has 0 bridgehead atoms. The third-order valence-corrected chi connectivity index (χ3v) is 4.74. The van der Waals surface area contributed by atoms with Crippen molar-refractivity contribution in [2.24, 2.45) is 0 Å². The first-order valence-corrected chi connectivity index (χ1v) is 7.36. The van der Waals surface area contributed by atoms with Crippen LogP contribution in [0.25, 0.3) is 0 Å². The SMILES string of the molecule is COC(=O)C(C)SC(=S)SCc1ccccc1. The molecule has 2 nitrogen and oxygen atoms in total. The highest BCUT2D eigenvalue weighted by Crippen LogP contribution is 2.25. The van der Waals surface area contributed by atoms with Gasteiger partial charge in [-0.15, -0.1) is 11.8 Å². The maximum atomic E-state index is 11.2. The van der Waals surface area contributed by atoms with Crippen LogP contribution < -0.4 is 0 Å². The van der Waals surface area contributed by atoms with Crippen molar-refractivity contribution in [3.05, 3.63) is 35.9 Å².